The van der Waals surface area contributed by atoms with E-state index in [1.54, 1.807) is 18.2 Å². The lowest BCUT2D eigenvalue weighted by molar-refractivity contribution is -0.122. The predicted octanol–water partition coefficient (Wildman–Crippen LogP) is 4.29. The van der Waals surface area contributed by atoms with Gasteiger partial charge in [-0.05, 0) is 53.9 Å². The molecule has 0 saturated carbocycles. The minimum Gasteiger partial charge on any atom is -0.423 e. The maximum Gasteiger partial charge on any atom is 0.336 e. The minimum atomic E-state index is -0.432. The highest BCUT2D eigenvalue weighted by Crippen LogP contribution is 2.26. The molecule has 158 valence electrons. The molecule has 1 aromatic heterocycles. The zero-order valence-electron chi connectivity index (χ0n) is 17.0. The van der Waals surface area contributed by atoms with Gasteiger partial charge in [0, 0.05) is 29.6 Å². The Hall–Kier alpha value is -2.70. The molecule has 30 heavy (non-hydrogen) atoms. The molecule has 0 unspecified atom stereocenters. The van der Waals surface area contributed by atoms with Crippen LogP contribution < -0.4 is 10.9 Å². The number of amides is 1. The lowest BCUT2D eigenvalue weighted by atomic mass is 10.1. The molecule has 0 saturated heterocycles. The van der Waals surface area contributed by atoms with Crippen LogP contribution >= 0.6 is 11.6 Å². The van der Waals surface area contributed by atoms with Crippen LogP contribution in [0.15, 0.2) is 51.7 Å². The summed E-state index contributed by atoms with van der Waals surface area (Å²) in [7, 11) is 0. The number of aryl methyl sites for hydroxylation is 1. The maximum absolute atomic E-state index is 13.0. The van der Waals surface area contributed by atoms with Crippen molar-refractivity contribution in [2.24, 2.45) is 0 Å². The first kappa shape index (κ1) is 22.0. The van der Waals surface area contributed by atoms with Gasteiger partial charge in [0.25, 0.3) is 0 Å². The number of hydrogen-bond donors (Lipinski definition) is 1. The van der Waals surface area contributed by atoms with Gasteiger partial charge in [0.15, 0.2) is 0 Å². The Labute approximate surface area is 179 Å². The summed E-state index contributed by atoms with van der Waals surface area (Å²) >= 11 is 6.36. The summed E-state index contributed by atoms with van der Waals surface area (Å²) in [4.78, 5) is 26.3. The summed E-state index contributed by atoms with van der Waals surface area (Å²) in [6.45, 7) is 5.45. The van der Waals surface area contributed by atoms with E-state index in [9.17, 15) is 14.0 Å². The van der Waals surface area contributed by atoms with Crippen LogP contribution in [0.3, 0.4) is 0 Å². The highest BCUT2D eigenvalue weighted by Gasteiger charge is 2.14. The van der Waals surface area contributed by atoms with Crippen LogP contribution in [-0.2, 0) is 24.3 Å². The quantitative estimate of drug-likeness (QED) is 0.541. The number of nitrogens with one attached hydrogen (secondary N) is 1. The number of halogens is 2. The van der Waals surface area contributed by atoms with Crippen LogP contribution in [-0.4, -0.2) is 23.9 Å². The summed E-state index contributed by atoms with van der Waals surface area (Å²) in [6.07, 6.45) is 0.734. The molecule has 0 fully saturated rings. The molecule has 0 atom stereocenters. The third-order valence-electron chi connectivity index (χ3n) is 4.99. The Balaban J connectivity index is 1.72. The number of carbonyl (C=O) groups is 1. The number of likely N-dealkylation sites (N-methyl/N-ethyl adjacent to an activating group) is 1. The second-order valence-electron chi connectivity index (χ2n) is 7.09. The normalized spacial score (nSPS) is 11.2. The van der Waals surface area contributed by atoms with Gasteiger partial charge in [-0.1, -0.05) is 37.6 Å². The van der Waals surface area contributed by atoms with Crippen molar-refractivity contribution in [2.75, 3.05) is 13.1 Å². The SMILES string of the molecule is CCc1cc2oc(=O)cc(CN(CC)CC(=O)NCc3ccc(F)cc3)c2cc1Cl. The van der Waals surface area contributed by atoms with Crippen LogP contribution in [0.5, 0.6) is 0 Å². The van der Waals surface area contributed by atoms with Crippen molar-refractivity contribution in [3.05, 3.63) is 80.4 Å². The fourth-order valence-corrected chi connectivity index (χ4v) is 3.57. The molecule has 5 nitrogen and oxygen atoms in total. The molecule has 0 spiro atoms. The molecule has 3 aromatic rings. The maximum atomic E-state index is 13.0. The number of hydrogen-bond acceptors (Lipinski definition) is 4. The van der Waals surface area contributed by atoms with Gasteiger partial charge in [0.2, 0.25) is 5.91 Å². The first-order valence-electron chi connectivity index (χ1n) is 9.88. The van der Waals surface area contributed by atoms with Crippen LogP contribution in [0.25, 0.3) is 11.0 Å². The van der Waals surface area contributed by atoms with Gasteiger partial charge in [-0.25, -0.2) is 9.18 Å². The fourth-order valence-electron chi connectivity index (χ4n) is 3.27. The minimum absolute atomic E-state index is 0.153. The van der Waals surface area contributed by atoms with Crippen molar-refractivity contribution < 1.29 is 13.6 Å². The zero-order chi connectivity index (χ0) is 21.7. The lowest BCUT2D eigenvalue weighted by Gasteiger charge is -2.21. The van der Waals surface area contributed by atoms with E-state index in [4.69, 9.17) is 16.0 Å². The van der Waals surface area contributed by atoms with E-state index in [1.807, 2.05) is 24.8 Å². The topological polar surface area (TPSA) is 62.6 Å². The fraction of sp³-hybridized carbons (Fsp3) is 0.304. The Bertz CT molecular complexity index is 1100. The van der Waals surface area contributed by atoms with Gasteiger partial charge in [0.1, 0.15) is 11.4 Å². The lowest BCUT2D eigenvalue weighted by Crippen LogP contribution is -2.36. The third kappa shape index (κ3) is 5.46. The molecular weight excluding hydrogens is 407 g/mol. The van der Waals surface area contributed by atoms with Crippen molar-refractivity contribution in [1.29, 1.82) is 0 Å². The van der Waals surface area contributed by atoms with E-state index in [0.29, 0.717) is 30.2 Å². The van der Waals surface area contributed by atoms with Crippen molar-refractivity contribution >= 4 is 28.5 Å². The molecule has 1 heterocycles. The van der Waals surface area contributed by atoms with Gasteiger partial charge in [-0.15, -0.1) is 0 Å². The highest BCUT2D eigenvalue weighted by molar-refractivity contribution is 6.32. The largest absolute Gasteiger partial charge is 0.423 e. The van der Waals surface area contributed by atoms with E-state index in [1.165, 1.54) is 18.2 Å². The summed E-state index contributed by atoms with van der Waals surface area (Å²) in [5.41, 5.74) is 2.56. The molecule has 1 N–H and O–H groups in total. The van der Waals surface area contributed by atoms with Gasteiger partial charge in [0.05, 0.1) is 6.54 Å². The third-order valence-corrected chi connectivity index (χ3v) is 5.34. The molecule has 0 aliphatic heterocycles. The molecule has 0 radical (unpaired) electrons. The summed E-state index contributed by atoms with van der Waals surface area (Å²) in [5.74, 6) is -0.465. The van der Waals surface area contributed by atoms with Gasteiger partial charge >= 0.3 is 5.63 Å². The number of carbonyl (C=O) groups excluding carboxylic acids is 1. The van der Waals surface area contributed by atoms with Crippen molar-refractivity contribution in [1.82, 2.24) is 10.2 Å². The van der Waals surface area contributed by atoms with E-state index >= 15 is 0 Å². The van der Waals surface area contributed by atoms with Crippen LogP contribution in [0.1, 0.15) is 30.5 Å². The van der Waals surface area contributed by atoms with Crippen molar-refractivity contribution in [3.8, 4) is 0 Å². The van der Waals surface area contributed by atoms with Crippen LogP contribution in [0, 0.1) is 5.82 Å². The molecular formula is C23H24ClFN2O3. The van der Waals surface area contributed by atoms with Crippen LogP contribution in [0.4, 0.5) is 4.39 Å². The van der Waals surface area contributed by atoms with Crippen molar-refractivity contribution in [3.63, 3.8) is 0 Å². The number of rotatable bonds is 8. The molecule has 0 aliphatic carbocycles. The van der Waals surface area contributed by atoms with Gasteiger partial charge in [-0.2, -0.15) is 0 Å². The Kier molecular flexibility index (Phi) is 7.24. The Morgan fingerprint density at radius 2 is 1.87 bits per heavy atom. The average Bonchev–Trinajstić information content (AvgIpc) is 2.72. The summed E-state index contributed by atoms with van der Waals surface area (Å²) in [6, 6.07) is 11.1. The molecule has 7 heteroatoms. The smallest absolute Gasteiger partial charge is 0.336 e. The molecule has 0 aliphatic rings. The van der Waals surface area contributed by atoms with Crippen molar-refractivity contribution in [2.45, 2.75) is 33.4 Å². The Morgan fingerprint density at radius 1 is 1.13 bits per heavy atom. The second-order valence-corrected chi connectivity index (χ2v) is 7.50. The van der Waals surface area contributed by atoms with Gasteiger partial charge in [-0.3, -0.25) is 9.69 Å². The zero-order valence-corrected chi connectivity index (χ0v) is 17.8. The molecule has 3 rings (SSSR count). The van der Waals surface area contributed by atoms with E-state index in [0.717, 1.165) is 28.5 Å². The van der Waals surface area contributed by atoms with E-state index in [-0.39, 0.29) is 18.3 Å². The van der Waals surface area contributed by atoms with E-state index < -0.39 is 5.63 Å². The van der Waals surface area contributed by atoms with Crippen LogP contribution in [0.2, 0.25) is 5.02 Å². The standard InChI is InChI=1S/C23H24ClFN2O3/c1-3-16-9-21-19(11-20(16)24)17(10-23(29)30-21)13-27(4-2)14-22(28)26-12-15-5-7-18(25)8-6-15/h5-11H,3-4,12-14H2,1-2H3,(H,26,28). The molecule has 0 bridgehead atoms. The molecule has 2 aromatic carbocycles. The number of fused-ring (bicyclic) bond motifs is 1. The first-order chi connectivity index (χ1) is 14.4. The summed E-state index contributed by atoms with van der Waals surface area (Å²) in [5, 5.41) is 4.23. The monoisotopic (exact) mass is 430 g/mol. The Morgan fingerprint density at radius 3 is 2.53 bits per heavy atom. The highest BCUT2D eigenvalue weighted by atomic mass is 35.5. The second kappa shape index (κ2) is 9.87. The number of nitrogens with zero attached hydrogens (tertiary/aromatic N) is 1. The summed E-state index contributed by atoms with van der Waals surface area (Å²) < 4.78 is 18.3. The van der Waals surface area contributed by atoms with E-state index in [2.05, 4.69) is 5.32 Å². The average molecular weight is 431 g/mol. The first-order valence-corrected chi connectivity index (χ1v) is 10.3. The predicted molar refractivity (Wildman–Crippen MR) is 116 cm³/mol. The molecule has 1 amide bonds. The van der Waals surface area contributed by atoms with Gasteiger partial charge < -0.3 is 9.73 Å². The number of benzene rings is 2.